The first-order valence-corrected chi connectivity index (χ1v) is 8.13. The molecule has 124 valence electrons. The van der Waals surface area contributed by atoms with Crippen LogP contribution in [0.4, 0.5) is 0 Å². The summed E-state index contributed by atoms with van der Waals surface area (Å²) in [6.07, 6.45) is 7.44. The number of rotatable bonds is 5. The summed E-state index contributed by atoms with van der Waals surface area (Å²) in [7, 11) is 1.84. The minimum atomic E-state index is -0.352. The van der Waals surface area contributed by atoms with Gasteiger partial charge in [-0.15, -0.1) is 0 Å². The quantitative estimate of drug-likeness (QED) is 0.803. The second-order valence-corrected chi connectivity index (χ2v) is 6.24. The Morgan fingerprint density at radius 2 is 2.23 bits per heavy atom. The van der Waals surface area contributed by atoms with Crippen molar-refractivity contribution < 1.29 is 14.3 Å². The van der Waals surface area contributed by atoms with E-state index in [0.29, 0.717) is 26.2 Å². The van der Waals surface area contributed by atoms with Crippen molar-refractivity contribution in [2.24, 2.45) is 5.73 Å². The number of nitrogens with zero attached hydrogens (tertiary/aromatic N) is 2. The van der Waals surface area contributed by atoms with E-state index >= 15 is 0 Å². The molecule has 1 saturated heterocycles. The molecule has 1 aliphatic heterocycles. The third kappa shape index (κ3) is 5.10. The van der Waals surface area contributed by atoms with Gasteiger partial charge in [0.25, 0.3) is 0 Å². The van der Waals surface area contributed by atoms with Crippen molar-refractivity contribution in [1.82, 2.24) is 9.80 Å². The van der Waals surface area contributed by atoms with Crippen LogP contribution in [0.15, 0.2) is 11.6 Å². The van der Waals surface area contributed by atoms with E-state index in [1.54, 1.807) is 0 Å². The third-order valence-electron chi connectivity index (χ3n) is 4.18. The molecule has 0 unspecified atom stereocenters. The van der Waals surface area contributed by atoms with Gasteiger partial charge in [-0.1, -0.05) is 12.5 Å². The smallest absolute Gasteiger partial charge is 0.249 e. The van der Waals surface area contributed by atoms with Crippen LogP contribution in [0, 0.1) is 0 Å². The maximum absolute atomic E-state index is 12.6. The number of carbonyl (C=O) groups is 2. The van der Waals surface area contributed by atoms with Gasteiger partial charge >= 0.3 is 0 Å². The number of amides is 2. The fraction of sp³-hybridized carbons (Fsp3) is 0.750. The highest BCUT2D eigenvalue weighted by Crippen LogP contribution is 2.20. The van der Waals surface area contributed by atoms with Crippen LogP contribution in [0.5, 0.6) is 0 Å². The molecule has 0 aromatic carbocycles. The van der Waals surface area contributed by atoms with Crippen LogP contribution in [0.3, 0.4) is 0 Å². The fourth-order valence-electron chi connectivity index (χ4n) is 3.10. The summed E-state index contributed by atoms with van der Waals surface area (Å²) in [6.45, 7) is 2.59. The first kappa shape index (κ1) is 17.0. The van der Waals surface area contributed by atoms with Crippen LogP contribution in [-0.2, 0) is 14.3 Å². The summed E-state index contributed by atoms with van der Waals surface area (Å²) in [4.78, 5) is 27.3. The normalized spacial score (nSPS) is 23.1. The number of hydrogen-bond donors (Lipinski definition) is 1. The first-order chi connectivity index (χ1) is 10.6. The average molecular weight is 309 g/mol. The zero-order valence-corrected chi connectivity index (χ0v) is 13.4. The van der Waals surface area contributed by atoms with Gasteiger partial charge in [0, 0.05) is 25.2 Å². The SMILES string of the molecule is CN(CC(N)=O)C[C@H]1CN(C(=O)C2=CCCCCC2)CCO1. The van der Waals surface area contributed by atoms with E-state index in [0.717, 1.165) is 24.8 Å². The van der Waals surface area contributed by atoms with Gasteiger partial charge in [-0.2, -0.15) is 0 Å². The zero-order valence-electron chi connectivity index (χ0n) is 13.4. The Labute approximate surface area is 132 Å². The van der Waals surface area contributed by atoms with Crippen molar-refractivity contribution in [3.05, 3.63) is 11.6 Å². The van der Waals surface area contributed by atoms with Crippen molar-refractivity contribution in [2.75, 3.05) is 39.8 Å². The van der Waals surface area contributed by atoms with E-state index in [4.69, 9.17) is 10.5 Å². The minimum absolute atomic E-state index is 0.0616. The van der Waals surface area contributed by atoms with Gasteiger partial charge in [-0.05, 0) is 32.7 Å². The van der Waals surface area contributed by atoms with Crippen LogP contribution in [0.1, 0.15) is 32.1 Å². The van der Waals surface area contributed by atoms with Crippen LogP contribution in [0.25, 0.3) is 0 Å². The number of nitrogens with two attached hydrogens (primary N) is 1. The zero-order chi connectivity index (χ0) is 15.9. The van der Waals surface area contributed by atoms with E-state index in [1.165, 1.54) is 12.8 Å². The third-order valence-corrected chi connectivity index (χ3v) is 4.18. The van der Waals surface area contributed by atoms with Gasteiger partial charge in [0.1, 0.15) is 0 Å². The number of carbonyl (C=O) groups excluding carboxylic acids is 2. The molecule has 6 nitrogen and oxygen atoms in total. The number of ether oxygens (including phenoxy) is 1. The molecule has 2 aliphatic rings. The van der Waals surface area contributed by atoms with Gasteiger partial charge in [-0.25, -0.2) is 0 Å². The summed E-state index contributed by atoms with van der Waals surface area (Å²) in [5.41, 5.74) is 6.15. The molecule has 2 rings (SSSR count). The van der Waals surface area contributed by atoms with Crippen LogP contribution >= 0.6 is 0 Å². The monoisotopic (exact) mass is 309 g/mol. The molecule has 1 fully saturated rings. The number of likely N-dealkylation sites (N-methyl/N-ethyl adjacent to an activating group) is 1. The Morgan fingerprint density at radius 3 is 3.00 bits per heavy atom. The number of hydrogen-bond acceptors (Lipinski definition) is 4. The molecular weight excluding hydrogens is 282 g/mol. The van der Waals surface area contributed by atoms with Gasteiger partial charge in [0.15, 0.2) is 0 Å². The molecule has 1 atom stereocenters. The lowest BCUT2D eigenvalue weighted by molar-refractivity contribution is -0.136. The van der Waals surface area contributed by atoms with Crippen molar-refractivity contribution in [3.63, 3.8) is 0 Å². The lowest BCUT2D eigenvalue weighted by atomic mass is 10.1. The molecule has 0 bridgehead atoms. The van der Waals surface area contributed by atoms with Gasteiger partial charge in [-0.3, -0.25) is 14.5 Å². The molecule has 22 heavy (non-hydrogen) atoms. The highest BCUT2D eigenvalue weighted by molar-refractivity contribution is 5.93. The molecule has 2 amide bonds. The molecule has 0 radical (unpaired) electrons. The highest BCUT2D eigenvalue weighted by atomic mass is 16.5. The Balaban J connectivity index is 1.88. The Kier molecular flexibility index (Phi) is 6.39. The minimum Gasteiger partial charge on any atom is -0.373 e. The van der Waals surface area contributed by atoms with E-state index in [1.807, 2.05) is 16.8 Å². The number of primary amides is 1. The summed E-state index contributed by atoms with van der Waals surface area (Å²) >= 11 is 0. The van der Waals surface area contributed by atoms with Crippen LogP contribution in [-0.4, -0.2) is 67.6 Å². The lowest BCUT2D eigenvalue weighted by Crippen LogP contribution is -2.50. The second kappa shape index (κ2) is 8.29. The van der Waals surface area contributed by atoms with Crippen molar-refractivity contribution in [3.8, 4) is 0 Å². The summed E-state index contributed by atoms with van der Waals surface area (Å²) in [5, 5.41) is 0. The maximum atomic E-state index is 12.6. The van der Waals surface area contributed by atoms with E-state index in [-0.39, 0.29) is 24.5 Å². The van der Waals surface area contributed by atoms with E-state index in [2.05, 4.69) is 6.08 Å². The van der Waals surface area contributed by atoms with Gasteiger partial charge in [0.2, 0.25) is 11.8 Å². The molecule has 0 spiro atoms. The Hall–Kier alpha value is -1.40. The highest BCUT2D eigenvalue weighted by Gasteiger charge is 2.27. The van der Waals surface area contributed by atoms with E-state index < -0.39 is 0 Å². The number of morpholine rings is 1. The lowest BCUT2D eigenvalue weighted by Gasteiger charge is -2.35. The summed E-state index contributed by atoms with van der Waals surface area (Å²) in [5.74, 6) is -0.192. The van der Waals surface area contributed by atoms with Crippen molar-refractivity contribution in [2.45, 2.75) is 38.2 Å². The predicted molar refractivity (Wildman–Crippen MR) is 84.2 cm³/mol. The van der Waals surface area contributed by atoms with Crippen LogP contribution in [0.2, 0.25) is 0 Å². The van der Waals surface area contributed by atoms with Gasteiger partial charge in [0.05, 0.1) is 19.3 Å². The molecule has 2 N–H and O–H groups in total. The largest absolute Gasteiger partial charge is 0.373 e. The topological polar surface area (TPSA) is 75.9 Å². The standard InChI is InChI=1S/C16H27N3O3/c1-18(12-15(17)20)10-14-11-19(8-9-22-14)16(21)13-6-4-2-3-5-7-13/h6,14H,2-5,7-12H2,1H3,(H2,17,20)/t14-/m0/s1. The van der Waals surface area contributed by atoms with Crippen molar-refractivity contribution in [1.29, 1.82) is 0 Å². The summed E-state index contributed by atoms with van der Waals surface area (Å²) in [6, 6.07) is 0. The van der Waals surface area contributed by atoms with Crippen molar-refractivity contribution >= 4 is 11.8 Å². The summed E-state index contributed by atoms with van der Waals surface area (Å²) < 4.78 is 5.72. The van der Waals surface area contributed by atoms with Crippen LogP contribution < -0.4 is 5.73 Å². The Morgan fingerprint density at radius 1 is 1.41 bits per heavy atom. The molecular formula is C16H27N3O3. The number of allylic oxidation sites excluding steroid dienone is 1. The first-order valence-electron chi connectivity index (χ1n) is 8.13. The average Bonchev–Trinajstić information content (AvgIpc) is 2.75. The molecule has 0 aromatic rings. The molecule has 0 aromatic heterocycles. The molecule has 1 aliphatic carbocycles. The second-order valence-electron chi connectivity index (χ2n) is 6.24. The molecule has 0 saturated carbocycles. The maximum Gasteiger partial charge on any atom is 0.249 e. The molecule has 6 heteroatoms. The van der Waals surface area contributed by atoms with E-state index in [9.17, 15) is 9.59 Å². The fourth-order valence-corrected chi connectivity index (χ4v) is 3.10. The van der Waals surface area contributed by atoms with Gasteiger partial charge < -0.3 is 15.4 Å². The Bertz CT molecular complexity index is 436. The predicted octanol–water partition coefficient (Wildman–Crippen LogP) is 0.521. The molecule has 1 heterocycles.